The first-order valence-corrected chi connectivity index (χ1v) is 10.3. The third kappa shape index (κ3) is 4.87. The molecule has 0 saturated carbocycles. The first-order valence-electron chi connectivity index (χ1n) is 10.3. The number of hydrogen-bond acceptors (Lipinski definition) is 7. The van der Waals surface area contributed by atoms with Gasteiger partial charge in [-0.15, -0.1) is 0 Å². The van der Waals surface area contributed by atoms with Gasteiger partial charge in [-0.25, -0.2) is 0 Å². The number of fused-ring (bicyclic) bond motifs is 2. The Hall–Kier alpha value is -2.74. The third-order valence-electron chi connectivity index (χ3n) is 4.78. The summed E-state index contributed by atoms with van der Waals surface area (Å²) in [6.07, 6.45) is 0.953. The van der Waals surface area contributed by atoms with Gasteiger partial charge in [0.1, 0.15) is 0 Å². The molecular formula is C23H28N2O5. The van der Waals surface area contributed by atoms with Crippen LogP contribution in [0.25, 0.3) is 0 Å². The Morgan fingerprint density at radius 3 is 1.73 bits per heavy atom. The second kappa shape index (κ2) is 10.9. The largest absolute Gasteiger partial charge is 0.394 e. The highest BCUT2D eigenvalue weighted by Crippen LogP contribution is 2.35. The molecule has 3 N–H and O–H groups in total. The second-order valence-electron chi connectivity index (χ2n) is 6.92. The Labute approximate surface area is 176 Å². The average molecular weight is 412 g/mol. The fraction of sp³-hybridized carbons (Fsp3) is 0.391. The minimum absolute atomic E-state index is 0.0361. The van der Waals surface area contributed by atoms with Gasteiger partial charge >= 0.3 is 0 Å². The van der Waals surface area contributed by atoms with Crippen LogP contribution >= 0.6 is 0 Å². The Bertz CT molecular complexity index is 824. The van der Waals surface area contributed by atoms with Crippen molar-refractivity contribution in [3.05, 3.63) is 58.7 Å². The Balaban J connectivity index is 1.80. The van der Waals surface area contributed by atoms with Crippen LogP contribution in [0.3, 0.4) is 0 Å². The van der Waals surface area contributed by atoms with Crippen molar-refractivity contribution in [2.45, 2.75) is 13.3 Å². The highest BCUT2D eigenvalue weighted by atomic mass is 16.5. The summed E-state index contributed by atoms with van der Waals surface area (Å²) < 4.78 is 10.7. The van der Waals surface area contributed by atoms with Crippen LogP contribution in [0.15, 0.2) is 36.4 Å². The molecule has 0 atom stereocenters. The monoisotopic (exact) mass is 412 g/mol. The second-order valence-corrected chi connectivity index (χ2v) is 6.92. The number of aliphatic hydroxyl groups excluding tert-OH is 1. The van der Waals surface area contributed by atoms with Crippen LogP contribution < -0.4 is 10.6 Å². The summed E-state index contributed by atoms with van der Waals surface area (Å²) in [6, 6.07) is 10.5. The number of hydrogen-bond donors (Lipinski definition) is 3. The van der Waals surface area contributed by atoms with E-state index in [1.165, 1.54) is 0 Å². The van der Waals surface area contributed by atoms with Crippen molar-refractivity contribution in [3.63, 3.8) is 0 Å². The molecule has 0 radical (unpaired) electrons. The van der Waals surface area contributed by atoms with Gasteiger partial charge in [-0.1, -0.05) is 31.2 Å². The predicted molar refractivity (Wildman–Crippen MR) is 116 cm³/mol. The molecule has 0 aromatic heterocycles. The molecule has 0 unspecified atom stereocenters. The van der Waals surface area contributed by atoms with Gasteiger partial charge in [-0.2, -0.15) is 0 Å². The SMILES string of the molecule is CCCOCCNc1cccc2c1C(=O)c1cccc(NCCOCCO)c1C2=O. The van der Waals surface area contributed by atoms with Crippen molar-refractivity contribution in [2.24, 2.45) is 0 Å². The molecule has 1 aliphatic carbocycles. The zero-order chi connectivity index (χ0) is 21.3. The molecule has 1 aliphatic rings. The Morgan fingerprint density at radius 1 is 0.767 bits per heavy atom. The smallest absolute Gasteiger partial charge is 0.196 e. The van der Waals surface area contributed by atoms with Crippen LogP contribution in [0.4, 0.5) is 11.4 Å². The maximum Gasteiger partial charge on any atom is 0.196 e. The predicted octanol–water partition coefficient (Wildman–Crippen LogP) is 2.72. The minimum Gasteiger partial charge on any atom is -0.394 e. The molecular weight excluding hydrogens is 384 g/mol. The first-order chi connectivity index (χ1) is 14.7. The van der Waals surface area contributed by atoms with Crippen LogP contribution in [-0.4, -0.2) is 62.8 Å². The summed E-state index contributed by atoms with van der Waals surface area (Å²) in [5.74, 6) is -0.345. The number of anilines is 2. The molecule has 3 rings (SSSR count). The van der Waals surface area contributed by atoms with E-state index in [0.29, 0.717) is 66.5 Å². The molecule has 0 aliphatic heterocycles. The standard InChI is InChI=1S/C23H28N2O5/c1-2-12-29-13-9-24-18-7-3-5-16-20(18)22(27)17-6-4-8-19(21(17)23(16)28)25-10-14-30-15-11-26/h3-8,24-26H,2,9-15H2,1H3. The lowest BCUT2D eigenvalue weighted by atomic mass is 9.82. The van der Waals surface area contributed by atoms with Gasteiger partial charge in [0.15, 0.2) is 11.6 Å². The first kappa shape index (κ1) is 22.0. The van der Waals surface area contributed by atoms with Crippen molar-refractivity contribution < 1.29 is 24.2 Å². The molecule has 0 heterocycles. The van der Waals surface area contributed by atoms with Gasteiger partial charge in [0.2, 0.25) is 0 Å². The fourth-order valence-corrected chi connectivity index (χ4v) is 3.47. The number of aliphatic hydroxyl groups is 1. The number of benzene rings is 2. The Morgan fingerprint density at radius 2 is 1.27 bits per heavy atom. The zero-order valence-electron chi connectivity index (χ0n) is 17.2. The van der Waals surface area contributed by atoms with E-state index >= 15 is 0 Å². The van der Waals surface area contributed by atoms with Crippen LogP contribution in [0.1, 0.15) is 45.2 Å². The van der Waals surface area contributed by atoms with Gasteiger partial charge in [0.05, 0.1) is 37.6 Å². The van der Waals surface area contributed by atoms with Crippen molar-refractivity contribution in [2.75, 3.05) is 56.8 Å². The molecule has 2 aromatic carbocycles. The van der Waals surface area contributed by atoms with Crippen LogP contribution in [0.5, 0.6) is 0 Å². The van der Waals surface area contributed by atoms with Gasteiger partial charge in [-0.3, -0.25) is 9.59 Å². The fourth-order valence-electron chi connectivity index (χ4n) is 3.47. The van der Waals surface area contributed by atoms with E-state index in [0.717, 1.165) is 6.42 Å². The number of ether oxygens (including phenoxy) is 2. The van der Waals surface area contributed by atoms with E-state index in [1.54, 1.807) is 30.3 Å². The number of ketones is 2. The van der Waals surface area contributed by atoms with E-state index in [-0.39, 0.29) is 24.8 Å². The van der Waals surface area contributed by atoms with Gasteiger partial charge < -0.3 is 25.2 Å². The normalized spacial score (nSPS) is 12.5. The van der Waals surface area contributed by atoms with E-state index in [4.69, 9.17) is 14.6 Å². The summed E-state index contributed by atoms with van der Waals surface area (Å²) >= 11 is 0. The summed E-state index contributed by atoms with van der Waals surface area (Å²) in [5, 5.41) is 15.2. The van der Waals surface area contributed by atoms with E-state index in [1.807, 2.05) is 13.0 Å². The molecule has 7 heteroatoms. The average Bonchev–Trinajstić information content (AvgIpc) is 2.77. The molecule has 30 heavy (non-hydrogen) atoms. The number of carbonyl (C=O) groups excluding carboxylic acids is 2. The number of carbonyl (C=O) groups is 2. The number of rotatable bonds is 12. The molecule has 0 saturated heterocycles. The maximum absolute atomic E-state index is 13.3. The molecule has 7 nitrogen and oxygen atoms in total. The van der Waals surface area contributed by atoms with Gasteiger partial charge in [-0.05, 0) is 18.6 Å². The van der Waals surface area contributed by atoms with Crippen molar-refractivity contribution in [1.29, 1.82) is 0 Å². The lowest BCUT2D eigenvalue weighted by Crippen LogP contribution is -2.25. The third-order valence-corrected chi connectivity index (χ3v) is 4.78. The van der Waals surface area contributed by atoms with Crippen molar-refractivity contribution in [3.8, 4) is 0 Å². The van der Waals surface area contributed by atoms with Crippen LogP contribution in [0.2, 0.25) is 0 Å². The molecule has 160 valence electrons. The topological polar surface area (TPSA) is 96.9 Å². The van der Waals surface area contributed by atoms with Crippen molar-refractivity contribution in [1.82, 2.24) is 0 Å². The van der Waals surface area contributed by atoms with E-state index in [2.05, 4.69) is 10.6 Å². The molecule has 0 amide bonds. The lowest BCUT2D eigenvalue weighted by Gasteiger charge is -2.23. The Kier molecular flexibility index (Phi) is 7.96. The highest BCUT2D eigenvalue weighted by molar-refractivity contribution is 6.31. The van der Waals surface area contributed by atoms with Crippen LogP contribution in [-0.2, 0) is 9.47 Å². The van der Waals surface area contributed by atoms with Gasteiger partial charge in [0.25, 0.3) is 0 Å². The highest BCUT2D eigenvalue weighted by Gasteiger charge is 2.33. The summed E-state index contributed by atoms with van der Waals surface area (Å²) in [4.78, 5) is 26.5. The summed E-state index contributed by atoms with van der Waals surface area (Å²) in [5.41, 5.74) is 2.85. The van der Waals surface area contributed by atoms with E-state index in [9.17, 15) is 9.59 Å². The molecule has 0 bridgehead atoms. The molecule has 0 fully saturated rings. The maximum atomic E-state index is 13.3. The molecule has 2 aromatic rings. The molecule has 0 spiro atoms. The van der Waals surface area contributed by atoms with E-state index < -0.39 is 0 Å². The lowest BCUT2D eigenvalue weighted by molar-refractivity contribution is 0.0977. The summed E-state index contributed by atoms with van der Waals surface area (Å²) in [7, 11) is 0. The van der Waals surface area contributed by atoms with Gasteiger partial charge in [0, 0.05) is 42.2 Å². The zero-order valence-corrected chi connectivity index (χ0v) is 17.2. The van der Waals surface area contributed by atoms with Crippen molar-refractivity contribution >= 4 is 22.9 Å². The van der Waals surface area contributed by atoms with Crippen LogP contribution in [0, 0.1) is 0 Å². The minimum atomic E-state index is -0.176. The number of nitrogens with one attached hydrogen (secondary N) is 2. The quantitative estimate of drug-likeness (QED) is 0.394. The summed E-state index contributed by atoms with van der Waals surface area (Å²) in [6.45, 7) is 4.91.